The van der Waals surface area contributed by atoms with Gasteiger partial charge in [0.2, 0.25) is 5.91 Å². The molecule has 0 aliphatic carbocycles. The average molecular weight is 371 g/mol. The molecule has 2 aromatic carbocycles. The fourth-order valence-corrected chi connectivity index (χ4v) is 2.83. The van der Waals surface area contributed by atoms with Gasteiger partial charge in [0.25, 0.3) is 5.91 Å². The molecule has 0 bridgehead atoms. The quantitative estimate of drug-likeness (QED) is 0.814. The largest absolute Gasteiger partial charge is 0.355 e. The van der Waals surface area contributed by atoms with Gasteiger partial charge >= 0.3 is 0 Å². The molecule has 0 saturated carbocycles. The highest BCUT2D eigenvalue weighted by Gasteiger charge is 2.22. The standard InChI is InChI=1S/C21H26FN3O2/c1-15(21(27)25(4)14-17-6-5-7-19(22)12-17)24(3)13-16-8-10-18(11-9-16)20(26)23-2/h5-12,15H,13-14H2,1-4H3,(H,23,26)/t15-/m1/s1. The zero-order valence-corrected chi connectivity index (χ0v) is 16.2. The van der Waals surface area contributed by atoms with Crippen LogP contribution in [-0.2, 0) is 17.9 Å². The van der Waals surface area contributed by atoms with Gasteiger partial charge in [-0.3, -0.25) is 14.5 Å². The summed E-state index contributed by atoms with van der Waals surface area (Å²) in [4.78, 5) is 27.8. The molecule has 0 radical (unpaired) electrons. The molecule has 5 nitrogen and oxygen atoms in total. The second kappa shape index (κ2) is 9.28. The molecular weight excluding hydrogens is 345 g/mol. The van der Waals surface area contributed by atoms with Crippen LogP contribution in [0.1, 0.15) is 28.4 Å². The van der Waals surface area contributed by atoms with Gasteiger partial charge in [-0.2, -0.15) is 0 Å². The molecule has 2 rings (SSSR count). The van der Waals surface area contributed by atoms with Crippen LogP contribution in [0.3, 0.4) is 0 Å². The minimum Gasteiger partial charge on any atom is -0.355 e. The Morgan fingerprint density at radius 2 is 1.70 bits per heavy atom. The molecule has 1 N–H and O–H groups in total. The summed E-state index contributed by atoms with van der Waals surface area (Å²) in [7, 11) is 5.19. The van der Waals surface area contributed by atoms with Crippen LogP contribution < -0.4 is 5.32 Å². The maximum atomic E-state index is 13.3. The van der Waals surface area contributed by atoms with Crippen molar-refractivity contribution in [2.75, 3.05) is 21.1 Å². The van der Waals surface area contributed by atoms with Crippen LogP contribution in [0.25, 0.3) is 0 Å². The summed E-state index contributed by atoms with van der Waals surface area (Å²) < 4.78 is 13.3. The zero-order valence-electron chi connectivity index (χ0n) is 16.2. The van der Waals surface area contributed by atoms with Gasteiger partial charge in [0.1, 0.15) is 5.82 Å². The Hall–Kier alpha value is -2.73. The van der Waals surface area contributed by atoms with Gasteiger partial charge < -0.3 is 10.2 Å². The van der Waals surface area contributed by atoms with E-state index < -0.39 is 0 Å². The number of hydrogen-bond donors (Lipinski definition) is 1. The minimum absolute atomic E-state index is 0.0382. The van der Waals surface area contributed by atoms with E-state index in [4.69, 9.17) is 0 Å². The van der Waals surface area contributed by atoms with E-state index in [0.29, 0.717) is 18.7 Å². The highest BCUT2D eigenvalue weighted by molar-refractivity contribution is 5.93. The van der Waals surface area contributed by atoms with Crippen molar-refractivity contribution in [1.29, 1.82) is 0 Å². The maximum Gasteiger partial charge on any atom is 0.251 e. The molecule has 0 aromatic heterocycles. The topological polar surface area (TPSA) is 52.7 Å². The van der Waals surface area contributed by atoms with Gasteiger partial charge in [0, 0.05) is 32.7 Å². The molecule has 0 aliphatic heterocycles. The first-order chi connectivity index (χ1) is 12.8. The third kappa shape index (κ3) is 5.62. The van der Waals surface area contributed by atoms with Crippen LogP contribution in [0.15, 0.2) is 48.5 Å². The molecule has 144 valence electrons. The molecule has 0 spiro atoms. The Labute approximate surface area is 159 Å². The van der Waals surface area contributed by atoms with E-state index in [0.717, 1.165) is 11.1 Å². The monoisotopic (exact) mass is 371 g/mol. The van der Waals surface area contributed by atoms with Crippen LogP contribution in [0.5, 0.6) is 0 Å². The predicted molar refractivity (Wildman–Crippen MR) is 104 cm³/mol. The van der Waals surface area contributed by atoms with E-state index in [2.05, 4.69) is 5.32 Å². The SMILES string of the molecule is CNC(=O)c1ccc(CN(C)[C@H](C)C(=O)N(C)Cc2cccc(F)c2)cc1. The molecular formula is C21H26FN3O2. The van der Waals surface area contributed by atoms with Crippen LogP contribution in [-0.4, -0.2) is 48.8 Å². The number of hydrogen-bond acceptors (Lipinski definition) is 3. The van der Waals surface area contributed by atoms with Crippen molar-refractivity contribution < 1.29 is 14.0 Å². The number of benzene rings is 2. The highest BCUT2D eigenvalue weighted by Crippen LogP contribution is 2.12. The molecule has 0 saturated heterocycles. The van der Waals surface area contributed by atoms with E-state index in [1.807, 2.05) is 31.0 Å². The van der Waals surface area contributed by atoms with E-state index in [-0.39, 0.29) is 23.7 Å². The van der Waals surface area contributed by atoms with E-state index in [9.17, 15) is 14.0 Å². The Kier molecular flexibility index (Phi) is 7.07. The van der Waals surface area contributed by atoms with Crippen LogP contribution in [0.2, 0.25) is 0 Å². The lowest BCUT2D eigenvalue weighted by Crippen LogP contribution is -2.43. The molecule has 0 heterocycles. The van der Waals surface area contributed by atoms with Crippen LogP contribution in [0, 0.1) is 5.82 Å². The summed E-state index contributed by atoms with van der Waals surface area (Å²) in [6.07, 6.45) is 0. The van der Waals surface area contributed by atoms with E-state index in [1.54, 1.807) is 43.3 Å². The molecule has 2 amide bonds. The number of nitrogens with zero attached hydrogens (tertiary/aromatic N) is 2. The van der Waals surface area contributed by atoms with Crippen LogP contribution >= 0.6 is 0 Å². The lowest BCUT2D eigenvalue weighted by atomic mass is 10.1. The third-order valence-corrected chi connectivity index (χ3v) is 4.58. The zero-order chi connectivity index (χ0) is 20.0. The van der Waals surface area contributed by atoms with E-state index >= 15 is 0 Å². The number of rotatable bonds is 7. The van der Waals surface area contributed by atoms with Crippen molar-refractivity contribution in [3.8, 4) is 0 Å². The fraction of sp³-hybridized carbons (Fsp3) is 0.333. The minimum atomic E-state index is -0.331. The molecule has 0 fully saturated rings. The lowest BCUT2D eigenvalue weighted by molar-refractivity contribution is -0.135. The Balaban J connectivity index is 1.95. The second-order valence-corrected chi connectivity index (χ2v) is 6.69. The summed E-state index contributed by atoms with van der Waals surface area (Å²) in [5.41, 5.74) is 2.37. The second-order valence-electron chi connectivity index (χ2n) is 6.69. The first-order valence-corrected chi connectivity index (χ1v) is 8.82. The number of likely N-dealkylation sites (N-methyl/N-ethyl adjacent to an activating group) is 2. The van der Waals surface area contributed by atoms with Crippen molar-refractivity contribution in [3.05, 3.63) is 71.0 Å². The third-order valence-electron chi connectivity index (χ3n) is 4.58. The summed E-state index contributed by atoms with van der Waals surface area (Å²) in [6, 6.07) is 13.2. The smallest absolute Gasteiger partial charge is 0.251 e. The molecule has 6 heteroatoms. The van der Waals surface area contributed by atoms with E-state index in [1.165, 1.54) is 12.1 Å². The molecule has 27 heavy (non-hydrogen) atoms. The maximum absolute atomic E-state index is 13.3. The Morgan fingerprint density at radius 1 is 1.04 bits per heavy atom. The van der Waals surface area contributed by atoms with Crippen LogP contribution in [0.4, 0.5) is 4.39 Å². The number of nitrogens with one attached hydrogen (secondary N) is 1. The fourth-order valence-electron chi connectivity index (χ4n) is 2.83. The molecule has 1 atom stereocenters. The van der Waals surface area contributed by atoms with Gasteiger partial charge in [-0.05, 0) is 49.4 Å². The van der Waals surface area contributed by atoms with Gasteiger partial charge in [-0.25, -0.2) is 4.39 Å². The number of halogens is 1. The summed E-state index contributed by atoms with van der Waals surface area (Å²) in [5, 5.41) is 2.59. The van der Waals surface area contributed by atoms with Crippen molar-refractivity contribution in [2.45, 2.75) is 26.1 Å². The first-order valence-electron chi connectivity index (χ1n) is 8.82. The normalized spacial score (nSPS) is 11.9. The average Bonchev–Trinajstić information content (AvgIpc) is 2.66. The van der Waals surface area contributed by atoms with Crippen molar-refractivity contribution >= 4 is 11.8 Å². The number of amides is 2. The highest BCUT2D eigenvalue weighted by atomic mass is 19.1. The number of carbonyl (C=O) groups is 2. The summed E-state index contributed by atoms with van der Waals surface area (Å²) in [6.45, 7) is 2.79. The van der Waals surface area contributed by atoms with Gasteiger partial charge in [0.05, 0.1) is 6.04 Å². The first kappa shape index (κ1) is 20.6. The van der Waals surface area contributed by atoms with Gasteiger partial charge in [-0.1, -0.05) is 24.3 Å². The van der Waals surface area contributed by atoms with Crippen molar-refractivity contribution in [3.63, 3.8) is 0 Å². The number of carbonyl (C=O) groups excluding carboxylic acids is 2. The Bertz CT molecular complexity index is 792. The van der Waals surface area contributed by atoms with Gasteiger partial charge in [0.15, 0.2) is 0 Å². The van der Waals surface area contributed by atoms with Gasteiger partial charge in [-0.15, -0.1) is 0 Å². The van der Waals surface area contributed by atoms with Crippen molar-refractivity contribution in [2.24, 2.45) is 0 Å². The molecule has 2 aromatic rings. The lowest BCUT2D eigenvalue weighted by Gasteiger charge is -2.28. The molecule has 0 unspecified atom stereocenters. The Morgan fingerprint density at radius 3 is 2.30 bits per heavy atom. The summed E-state index contributed by atoms with van der Waals surface area (Å²) in [5.74, 6) is -0.472. The summed E-state index contributed by atoms with van der Waals surface area (Å²) >= 11 is 0. The molecule has 0 aliphatic rings. The van der Waals surface area contributed by atoms with Crippen molar-refractivity contribution in [1.82, 2.24) is 15.1 Å². The predicted octanol–water partition coefficient (Wildman–Crippen LogP) is 2.66.